The molecule has 2 unspecified atom stereocenters. The first-order chi connectivity index (χ1) is 11.6. The van der Waals surface area contributed by atoms with E-state index in [2.05, 4.69) is 35.2 Å². The van der Waals surface area contributed by atoms with E-state index in [1.54, 1.807) is 0 Å². The first-order valence-corrected chi connectivity index (χ1v) is 8.59. The number of nitrogen functional groups attached to an aromatic ring is 1. The van der Waals surface area contributed by atoms with Crippen LogP contribution in [0.5, 0.6) is 0 Å². The van der Waals surface area contributed by atoms with Crippen LogP contribution in [-0.2, 0) is 17.6 Å². The van der Waals surface area contributed by atoms with E-state index in [1.165, 1.54) is 16.8 Å². The molecule has 0 radical (unpaired) electrons. The summed E-state index contributed by atoms with van der Waals surface area (Å²) < 4.78 is 0. The number of likely N-dealkylation sites (tertiary alicyclic amines) is 1. The fraction of sp³-hybridized carbons (Fsp3) is 0.350. The van der Waals surface area contributed by atoms with Gasteiger partial charge >= 0.3 is 0 Å². The smallest absolute Gasteiger partial charge is 0.245 e. The number of rotatable bonds is 3. The van der Waals surface area contributed by atoms with Crippen LogP contribution in [0.2, 0.25) is 0 Å². The molecule has 1 amide bonds. The van der Waals surface area contributed by atoms with Gasteiger partial charge in [-0.2, -0.15) is 0 Å². The van der Waals surface area contributed by atoms with Crippen molar-refractivity contribution in [1.29, 1.82) is 0 Å². The summed E-state index contributed by atoms with van der Waals surface area (Å²) in [6, 6.07) is 16.7. The predicted octanol–water partition coefficient (Wildman–Crippen LogP) is 2.47. The van der Waals surface area contributed by atoms with Gasteiger partial charge in [0, 0.05) is 31.0 Å². The molecule has 4 nitrogen and oxygen atoms in total. The molecule has 2 atom stereocenters. The van der Waals surface area contributed by atoms with Crippen LogP contribution in [0.1, 0.15) is 17.5 Å². The fourth-order valence-electron chi connectivity index (χ4n) is 4.07. The summed E-state index contributed by atoms with van der Waals surface area (Å²) in [5, 5.41) is 0. The van der Waals surface area contributed by atoms with Crippen molar-refractivity contribution >= 4 is 17.3 Å². The lowest BCUT2D eigenvalue weighted by Crippen LogP contribution is -2.40. The highest BCUT2D eigenvalue weighted by Crippen LogP contribution is 2.35. The molecule has 4 heteroatoms. The summed E-state index contributed by atoms with van der Waals surface area (Å²) in [5.74, 6) is 0.237. The van der Waals surface area contributed by atoms with Crippen LogP contribution in [0, 0.1) is 0 Å². The van der Waals surface area contributed by atoms with Gasteiger partial charge in [0.1, 0.15) is 6.04 Å². The molecule has 0 saturated carbocycles. The second kappa shape index (κ2) is 5.86. The highest BCUT2D eigenvalue weighted by Gasteiger charge is 2.42. The summed E-state index contributed by atoms with van der Waals surface area (Å²) in [6.07, 6.45) is 2.77. The molecular weight excluding hydrogens is 298 g/mol. The van der Waals surface area contributed by atoms with Crippen LogP contribution >= 0.6 is 0 Å². The van der Waals surface area contributed by atoms with Crippen LogP contribution in [0.15, 0.2) is 48.5 Å². The van der Waals surface area contributed by atoms with E-state index in [9.17, 15) is 4.79 Å². The minimum Gasteiger partial charge on any atom is -0.399 e. The Balaban J connectivity index is 1.55. The van der Waals surface area contributed by atoms with E-state index in [1.807, 2.05) is 30.1 Å². The molecule has 0 bridgehead atoms. The van der Waals surface area contributed by atoms with Crippen LogP contribution in [0.4, 0.5) is 11.4 Å². The lowest BCUT2D eigenvalue weighted by atomic mass is 10.0. The average molecular weight is 321 g/mol. The maximum Gasteiger partial charge on any atom is 0.245 e. The topological polar surface area (TPSA) is 49.6 Å². The molecular formula is C20H23N3O. The molecule has 124 valence electrons. The fourth-order valence-corrected chi connectivity index (χ4v) is 4.07. The molecule has 2 aromatic rings. The van der Waals surface area contributed by atoms with E-state index < -0.39 is 0 Å². The maximum atomic E-state index is 12.8. The van der Waals surface area contributed by atoms with Crippen molar-refractivity contribution < 1.29 is 4.79 Å². The molecule has 0 spiro atoms. The van der Waals surface area contributed by atoms with Crippen molar-refractivity contribution in [2.45, 2.75) is 31.3 Å². The van der Waals surface area contributed by atoms with Crippen molar-refractivity contribution in [3.8, 4) is 0 Å². The Bertz CT molecular complexity index is 759. The minimum absolute atomic E-state index is 0.0476. The van der Waals surface area contributed by atoms with Crippen molar-refractivity contribution in [3.63, 3.8) is 0 Å². The molecule has 1 saturated heterocycles. The third kappa shape index (κ3) is 2.52. The lowest BCUT2D eigenvalue weighted by molar-refractivity contribution is -0.128. The summed E-state index contributed by atoms with van der Waals surface area (Å²) >= 11 is 0. The SMILES string of the molecule is CN1C(=O)C(N2CCc3cc(N)ccc32)CC1Cc1ccccc1. The number of anilines is 2. The van der Waals surface area contributed by atoms with Crippen LogP contribution in [-0.4, -0.2) is 36.5 Å². The highest BCUT2D eigenvalue weighted by atomic mass is 16.2. The molecule has 24 heavy (non-hydrogen) atoms. The molecule has 1 fully saturated rings. The van der Waals surface area contributed by atoms with Gasteiger partial charge in [-0.15, -0.1) is 0 Å². The molecule has 2 heterocycles. The Kier molecular flexibility index (Phi) is 3.68. The van der Waals surface area contributed by atoms with Gasteiger partial charge in [0.25, 0.3) is 0 Å². The monoisotopic (exact) mass is 321 g/mol. The van der Waals surface area contributed by atoms with Crippen molar-refractivity contribution in [2.75, 3.05) is 24.2 Å². The molecule has 2 N–H and O–H groups in total. The van der Waals surface area contributed by atoms with Gasteiger partial charge in [-0.25, -0.2) is 0 Å². The second-order valence-electron chi connectivity index (χ2n) is 6.88. The Hall–Kier alpha value is -2.49. The first-order valence-electron chi connectivity index (χ1n) is 8.59. The largest absolute Gasteiger partial charge is 0.399 e. The molecule has 0 aromatic heterocycles. The number of fused-ring (bicyclic) bond motifs is 1. The quantitative estimate of drug-likeness (QED) is 0.884. The van der Waals surface area contributed by atoms with Crippen molar-refractivity contribution in [1.82, 2.24) is 4.90 Å². The van der Waals surface area contributed by atoms with Gasteiger partial charge in [0.15, 0.2) is 0 Å². The summed E-state index contributed by atoms with van der Waals surface area (Å²) in [5.41, 5.74) is 10.4. The molecule has 2 aliphatic rings. The Labute approximate surface area is 142 Å². The van der Waals surface area contributed by atoms with Crippen LogP contribution < -0.4 is 10.6 Å². The number of hydrogen-bond donors (Lipinski definition) is 1. The maximum absolute atomic E-state index is 12.8. The number of amides is 1. The van der Waals surface area contributed by atoms with Gasteiger partial charge in [0.2, 0.25) is 5.91 Å². The number of nitrogens with two attached hydrogens (primary N) is 1. The lowest BCUT2D eigenvalue weighted by Gasteiger charge is -2.25. The van der Waals surface area contributed by atoms with E-state index in [0.717, 1.165) is 31.5 Å². The van der Waals surface area contributed by atoms with Gasteiger partial charge in [-0.05, 0) is 48.6 Å². The number of nitrogens with zero attached hydrogens (tertiary/aromatic N) is 2. The molecule has 2 aromatic carbocycles. The van der Waals surface area contributed by atoms with Crippen molar-refractivity contribution in [2.24, 2.45) is 0 Å². The molecule has 2 aliphatic heterocycles. The summed E-state index contributed by atoms with van der Waals surface area (Å²) in [7, 11) is 1.94. The van der Waals surface area contributed by atoms with Gasteiger partial charge in [-0.3, -0.25) is 4.79 Å². The van der Waals surface area contributed by atoms with Crippen molar-refractivity contribution in [3.05, 3.63) is 59.7 Å². The standard InChI is InChI=1S/C20H23N3O/c1-22-17(11-14-5-3-2-4-6-14)13-19(20(22)24)23-10-9-15-12-16(21)7-8-18(15)23/h2-8,12,17,19H,9-11,13,21H2,1H3. The Morgan fingerprint density at radius 3 is 2.75 bits per heavy atom. The number of benzene rings is 2. The Morgan fingerprint density at radius 1 is 1.17 bits per heavy atom. The summed E-state index contributed by atoms with van der Waals surface area (Å²) in [6.45, 7) is 0.904. The number of likely N-dealkylation sites (N-methyl/N-ethyl adjacent to an activating group) is 1. The van der Waals surface area contributed by atoms with E-state index in [-0.39, 0.29) is 18.0 Å². The Morgan fingerprint density at radius 2 is 1.96 bits per heavy atom. The third-order valence-electron chi connectivity index (χ3n) is 5.40. The zero-order chi connectivity index (χ0) is 16.7. The van der Waals surface area contributed by atoms with Crippen LogP contribution in [0.3, 0.4) is 0 Å². The predicted molar refractivity (Wildman–Crippen MR) is 97.0 cm³/mol. The second-order valence-corrected chi connectivity index (χ2v) is 6.88. The number of carbonyl (C=O) groups excluding carboxylic acids is 1. The number of carbonyl (C=O) groups is 1. The summed E-state index contributed by atoms with van der Waals surface area (Å²) in [4.78, 5) is 17.0. The highest BCUT2D eigenvalue weighted by molar-refractivity contribution is 5.88. The van der Waals surface area contributed by atoms with Gasteiger partial charge in [-0.1, -0.05) is 30.3 Å². The van der Waals surface area contributed by atoms with Gasteiger partial charge < -0.3 is 15.5 Å². The van der Waals surface area contributed by atoms with Crippen LogP contribution in [0.25, 0.3) is 0 Å². The third-order valence-corrected chi connectivity index (χ3v) is 5.40. The average Bonchev–Trinajstić information content (AvgIpc) is 3.11. The molecule has 0 aliphatic carbocycles. The zero-order valence-electron chi connectivity index (χ0n) is 14.0. The molecule has 4 rings (SSSR count). The minimum atomic E-state index is -0.0476. The zero-order valence-corrected chi connectivity index (χ0v) is 14.0. The van der Waals surface area contributed by atoms with E-state index in [4.69, 9.17) is 5.73 Å². The first kappa shape index (κ1) is 15.1. The normalized spacial score (nSPS) is 23.0. The number of hydrogen-bond acceptors (Lipinski definition) is 3. The van der Waals surface area contributed by atoms with E-state index in [0.29, 0.717) is 0 Å². The van der Waals surface area contributed by atoms with E-state index >= 15 is 0 Å². The van der Waals surface area contributed by atoms with Gasteiger partial charge in [0.05, 0.1) is 0 Å².